The molecule has 1 fully saturated rings. The predicted octanol–water partition coefficient (Wildman–Crippen LogP) is 0.944. The lowest BCUT2D eigenvalue weighted by molar-refractivity contribution is -0.128. The van der Waals surface area contributed by atoms with Crippen LogP contribution in [0.3, 0.4) is 0 Å². The Balaban J connectivity index is 1.91. The van der Waals surface area contributed by atoms with E-state index in [4.69, 9.17) is 5.73 Å². The first kappa shape index (κ1) is 13.1. The number of amides is 1. The van der Waals surface area contributed by atoms with Crippen molar-refractivity contribution in [3.05, 3.63) is 18.0 Å². The minimum atomic E-state index is -0.364. The van der Waals surface area contributed by atoms with Crippen molar-refractivity contribution in [1.82, 2.24) is 15.1 Å². The van der Waals surface area contributed by atoms with E-state index in [9.17, 15) is 4.79 Å². The zero-order valence-electron chi connectivity index (χ0n) is 11.1. The second-order valence-corrected chi connectivity index (χ2v) is 5.54. The second-order valence-electron chi connectivity index (χ2n) is 5.54. The van der Waals surface area contributed by atoms with Gasteiger partial charge < -0.3 is 11.1 Å². The lowest BCUT2D eigenvalue weighted by Gasteiger charge is -2.37. The van der Waals surface area contributed by atoms with E-state index in [1.165, 1.54) is 0 Å². The van der Waals surface area contributed by atoms with E-state index in [0.717, 1.165) is 31.2 Å². The van der Waals surface area contributed by atoms with Crippen LogP contribution in [0.4, 0.5) is 0 Å². The maximum absolute atomic E-state index is 12.2. The van der Waals surface area contributed by atoms with Gasteiger partial charge in [-0.25, -0.2) is 0 Å². The third-order valence-corrected chi connectivity index (χ3v) is 3.80. The van der Waals surface area contributed by atoms with Crippen LogP contribution in [-0.4, -0.2) is 21.2 Å². The molecule has 1 aliphatic carbocycles. The Morgan fingerprint density at radius 3 is 3.06 bits per heavy atom. The molecule has 1 amide bonds. The van der Waals surface area contributed by atoms with Gasteiger partial charge in [0.1, 0.15) is 0 Å². The Labute approximate surface area is 108 Å². The van der Waals surface area contributed by atoms with Crippen LogP contribution in [0.15, 0.2) is 12.4 Å². The Morgan fingerprint density at radius 1 is 1.67 bits per heavy atom. The smallest absolute Gasteiger partial charge is 0.225 e. The van der Waals surface area contributed by atoms with Crippen molar-refractivity contribution in [3.63, 3.8) is 0 Å². The average molecular weight is 250 g/mol. The van der Waals surface area contributed by atoms with Crippen molar-refractivity contribution < 1.29 is 4.79 Å². The third-order valence-electron chi connectivity index (χ3n) is 3.80. The molecule has 0 aromatic carbocycles. The van der Waals surface area contributed by atoms with Gasteiger partial charge in [0, 0.05) is 30.9 Å². The normalized spacial score (nSPS) is 28.1. The van der Waals surface area contributed by atoms with Crippen molar-refractivity contribution in [2.45, 2.75) is 44.7 Å². The van der Waals surface area contributed by atoms with E-state index < -0.39 is 0 Å². The molecule has 0 saturated heterocycles. The first-order valence-corrected chi connectivity index (χ1v) is 6.53. The first-order chi connectivity index (χ1) is 8.49. The van der Waals surface area contributed by atoms with E-state index in [0.29, 0.717) is 6.54 Å². The minimum absolute atomic E-state index is 0.0667. The topological polar surface area (TPSA) is 72.9 Å². The Hall–Kier alpha value is -1.36. The van der Waals surface area contributed by atoms with Crippen LogP contribution < -0.4 is 11.1 Å². The number of aryl methyl sites for hydroxylation is 1. The molecular formula is C13H22N4O. The number of rotatable bonds is 3. The largest absolute Gasteiger partial charge is 0.352 e. The summed E-state index contributed by atoms with van der Waals surface area (Å²) in [5.74, 6) is 0.00599. The predicted molar refractivity (Wildman–Crippen MR) is 69.6 cm³/mol. The molecule has 2 rings (SSSR count). The van der Waals surface area contributed by atoms with Gasteiger partial charge in [0.2, 0.25) is 5.91 Å². The van der Waals surface area contributed by atoms with Gasteiger partial charge in [-0.1, -0.05) is 12.8 Å². The molecule has 2 atom stereocenters. The fourth-order valence-electron chi connectivity index (χ4n) is 2.66. The summed E-state index contributed by atoms with van der Waals surface area (Å²) in [5, 5.41) is 7.04. The molecular weight excluding hydrogens is 228 g/mol. The lowest BCUT2D eigenvalue weighted by Crippen LogP contribution is -2.52. The van der Waals surface area contributed by atoms with Gasteiger partial charge in [-0.3, -0.25) is 9.48 Å². The molecule has 5 nitrogen and oxygen atoms in total. The molecule has 5 heteroatoms. The summed E-state index contributed by atoms with van der Waals surface area (Å²) in [5.41, 5.74) is 6.87. The van der Waals surface area contributed by atoms with Gasteiger partial charge in [-0.15, -0.1) is 0 Å². The average Bonchev–Trinajstić information content (AvgIpc) is 2.71. The van der Waals surface area contributed by atoms with Crippen molar-refractivity contribution in [3.8, 4) is 0 Å². The fraction of sp³-hybridized carbons (Fsp3) is 0.692. The Bertz CT molecular complexity index is 424. The van der Waals surface area contributed by atoms with E-state index >= 15 is 0 Å². The summed E-state index contributed by atoms with van der Waals surface area (Å²) >= 11 is 0. The number of nitrogens with zero attached hydrogens (tertiary/aromatic N) is 2. The molecule has 18 heavy (non-hydrogen) atoms. The molecule has 1 heterocycles. The summed E-state index contributed by atoms with van der Waals surface area (Å²) in [6.07, 6.45) is 7.71. The molecule has 1 aromatic rings. The molecule has 100 valence electrons. The SMILES string of the molecule is Cn1cc(CNC(=O)C2CCCCC2(C)N)cn1. The summed E-state index contributed by atoms with van der Waals surface area (Å²) < 4.78 is 1.73. The first-order valence-electron chi connectivity index (χ1n) is 6.53. The van der Waals surface area contributed by atoms with Crippen LogP contribution in [0.2, 0.25) is 0 Å². The highest BCUT2D eigenvalue weighted by atomic mass is 16.1. The maximum Gasteiger partial charge on any atom is 0.225 e. The van der Waals surface area contributed by atoms with Crippen molar-refractivity contribution >= 4 is 5.91 Å². The molecule has 0 radical (unpaired) electrons. The van der Waals surface area contributed by atoms with Crippen molar-refractivity contribution in [1.29, 1.82) is 0 Å². The molecule has 3 N–H and O–H groups in total. The standard InChI is InChI=1S/C13H22N4O/c1-13(14)6-4-3-5-11(13)12(18)15-7-10-8-16-17(2)9-10/h8-9,11H,3-7,14H2,1-2H3,(H,15,18). The van der Waals surface area contributed by atoms with Gasteiger partial charge in [-0.2, -0.15) is 5.10 Å². The Morgan fingerprint density at radius 2 is 2.44 bits per heavy atom. The number of hydrogen-bond acceptors (Lipinski definition) is 3. The van der Waals surface area contributed by atoms with Crippen molar-refractivity contribution in [2.75, 3.05) is 0 Å². The van der Waals surface area contributed by atoms with E-state index in [-0.39, 0.29) is 17.4 Å². The van der Waals surface area contributed by atoms with E-state index in [1.54, 1.807) is 10.9 Å². The zero-order valence-corrected chi connectivity index (χ0v) is 11.1. The maximum atomic E-state index is 12.2. The van der Waals surface area contributed by atoms with E-state index in [2.05, 4.69) is 10.4 Å². The van der Waals surface area contributed by atoms with Crippen LogP contribution in [-0.2, 0) is 18.4 Å². The monoisotopic (exact) mass is 250 g/mol. The van der Waals surface area contributed by atoms with Gasteiger partial charge in [-0.05, 0) is 19.8 Å². The Kier molecular flexibility index (Phi) is 3.71. The molecule has 0 spiro atoms. The number of aromatic nitrogens is 2. The summed E-state index contributed by atoms with van der Waals surface area (Å²) in [4.78, 5) is 12.2. The molecule has 1 saturated carbocycles. The molecule has 0 bridgehead atoms. The van der Waals surface area contributed by atoms with Crippen molar-refractivity contribution in [2.24, 2.45) is 18.7 Å². The zero-order chi connectivity index (χ0) is 13.2. The fourth-order valence-corrected chi connectivity index (χ4v) is 2.66. The minimum Gasteiger partial charge on any atom is -0.352 e. The number of carbonyl (C=O) groups is 1. The highest BCUT2D eigenvalue weighted by Crippen LogP contribution is 2.31. The van der Waals surface area contributed by atoms with Crippen LogP contribution >= 0.6 is 0 Å². The molecule has 1 aliphatic rings. The number of carbonyl (C=O) groups excluding carboxylic acids is 1. The summed E-state index contributed by atoms with van der Waals surface area (Å²) in [6, 6.07) is 0. The molecule has 0 aliphatic heterocycles. The summed E-state index contributed by atoms with van der Waals surface area (Å²) in [7, 11) is 1.86. The van der Waals surface area contributed by atoms with Crippen LogP contribution in [0.25, 0.3) is 0 Å². The number of nitrogens with one attached hydrogen (secondary N) is 1. The third kappa shape index (κ3) is 2.90. The van der Waals surface area contributed by atoms with Crippen LogP contribution in [0.5, 0.6) is 0 Å². The molecule has 2 unspecified atom stereocenters. The second kappa shape index (κ2) is 5.10. The quantitative estimate of drug-likeness (QED) is 0.838. The highest BCUT2D eigenvalue weighted by molar-refractivity contribution is 5.80. The highest BCUT2D eigenvalue weighted by Gasteiger charge is 2.37. The lowest BCUT2D eigenvalue weighted by atomic mass is 9.74. The van der Waals surface area contributed by atoms with Gasteiger partial charge in [0.25, 0.3) is 0 Å². The van der Waals surface area contributed by atoms with E-state index in [1.807, 2.05) is 20.2 Å². The van der Waals surface area contributed by atoms with Gasteiger partial charge in [0.15, 0.2) is 0 Å². The molecule has 1 aromatic heterocycles. The van der Waals surface area contributed by atoms with Gasteiger partial charge in [0.05, 0.1) is 12.1 Å². The van der Waals surface area contributed by atoms with Gasteiger partial charge >= 0.3 is 0 Å². The van der Waals surface area contributed by atoms with Crippen LogP contribution in [0, 0.1) is 5.92 Å². The number of nitrogens with two attached hydrogens (primary N) is 1. The van der Waals surface area contributed by atoms with Crippen LogP contribution in [0.1, 0.15) is 38.2 Å². The number of hydrogen-bond donors (Lipinski definition) is 2. The summed E-state index contributed by atoms with van der Waals surface area (Å²) in [6.45, 7) is 2.51.